The summed E-state index contributed by atoms with van der Waals surface area (Å²) in [5.74, 6) is -0.122. The van der Waals surface area contributed by atoms with Gasteiger partial charge in [-0.05, 0) is 25.3 Å². The first-order chi connectivity index (χ1) is 10.2. The highest BCUT2D eigenvalue weighted by molar-refractivity contribution is 8.00. The van der Waals surface area contributed by atoms with Gasteiger partial charge in [0.15, 0.2) is 4.34 Å². The van der Waals surface area contributed by atoms with Gasteiger partial charge >= 0.3 is 0 Å². The van der Waals surface area contributed by atoms with E-state index < -0.39 is 0 Å². The normalized spacial score (nSPS) is 11.0. The van der Waals surface area contributed by atoms with E-state index in [1.807, 2.05) is 31.4 Å². The maximum absolute atomic E-state index is 12.1. The van der Waals surface area contributed by atoms with Gasteiger partial charge in [0, 0.05) is 10.9 Å². The van der Waals surface area contributed by atoms with Crippen LogP contribution in [0.25, 0.3) is 11.0 Å². The average molecular weight is 319 g/mol. The number of amides is 1. The number of thioether (sulfide) groups is 1. The Morgan fingerprint density at radius 2 is 2.29 bits per heavy atom. The number of hydrogen-bond donors (Lipinski definition) is 1. The number of anilines is 1. The van der Waals surface area contributed by atoms with Gasteiger partial charge in [0.2, 0.25) is 11.0 Å². The van der Waals surface area contributed by atoms with E-state index in [9.17, 15) is 4.79 Å². The molecule has 3 rings (SSSR count). The van der Waals surface area contributed by atoms with Crippen molar-refractivity contribution in [1.82, 2.24) is 10.2 Å². The highest BCUT2D eigenvalue weighted by Crippen LogP contribution is 2.25. The van der Waals surface area contributed by atoms with Gasteiger partial charge in [0.1, 0.15) is 5.58 Å². The number of rotatable bonds is 4. The summed E-state index contributed by atoms with van der Waals surface area (Å²) in [6.45, 7) is 2.02. The Morgan fingerprint density at radius 1 is 1.43 bits per heavy atom. The van der Waals surface area contributed by atoms with E-state index in [0.29, 0.717) is 5.13 Å². The molecule has 0 unspecified atom stereocenters. The number of hydrogen-bond acceptors (Lipinski definition) is 6. The maximum atomic E-state index is 12.1. The summed E-state index contributed by atoms with van der Waals surface area (Å²) in [6, 6.07) is 5.93. The van der Waals surface area contributed by atoms with Crippen LogP contribution in [0.15, 0.2) is 33.2 Å². The lowest BCUT2D eigenvalue weighted by Crippen LogP contribution is -2.14. The maximum Gasteiger partial charge on any atom is 0.230 e. The van der Waals surface area contributed by atoms with Crippen molar-refractivity contribution >= 4 is 45.1 Å². The van der Waals surface area contributed by atoms with Crippen molar-refractivity contribution in [3.63, 3.8) is 0 Å². The molecule has 0 aliphatic rings. The molecule has 0 fully saturated rings. The van der Waals surface area contributed by atoms with E-state index in [-0.39, 0.29) is 12.3 Å². The number of aryl methyl sites for hydroxylation is 1. The second-order valence-electron chi connectivity index (χ2n) is 4.56. The Labute approximate surface area is 129 Å². The van der Waals surface area contributed by atoms with Crippen LogP contribution in [0.4, 0.5) is 5.13 Å². The van der Waals surface area contributed by atoms with Gasteiger partial charge in [0.05, 0.1) is 12.7 Å². The quantitative estimate of drug-likeness (QED) is 0.589. The summed E-state index contributed by atoms with van der Waals surface area (Å²) in [6.07, 6.45) is 3.81. The van der Waals surface area contributed by atoms with Crippen molar-refractivity contribution in [2.24, 2.45) is 0 Å². The van der Waals surface area contributed by atoms with E-state index >= 15 is 0 Å². The largest absolute Gasteiger partial charge is 0.464 e. The Balaban J connectivity index is 1.75. The molecule has 0 radical (unpaired) electrons. The molecule has 0 spiro atoms. The van der Waals surface area contributed by atoms with Crippen molar-refractivity contribution in [2.75, 3.05) is 11.6 Å². The third-order valence-corrected chi connectivity index (χ3v) is 4.80. The number of fused-ring (bicyclic) bond motifs is 1. The molecule has 0 bridgehead atoms. The minimum atomic E-state index is -0.122. The second-order valence-corrected chi connectivity index (χ2v) is 6.59. The van der Waals surface area contributed by atoms with E-state index in [1.165, 1.54) is 23.1 Å². The summed E-state index contributed by atoms with van der Waals surface area (Å²) in [5.41, 5.74) is 2.81. The van der Waals surface area contributed by atoms with E-state index in [0.717, 1.165) is 26.4 Å². The van der Waals surface area contributed by atoms with Crippen LogP contribution in [0.2, 0.25) is 0 Å². The molecule has 7 heteroatoms. The Bertz CT molecular complexity index is 794. The van der Waals surface area contributed by atoms with Gasteiger partial charge in [-0.3, -0.25) is 4.79 Å². The fourth-order valence-corrected chi connectivity index (χ4v) is 3.20. The number of furan rings is 1. The zero-order chi connectivity index (χ0) is 14.8. The van der Waals surface area contributed by atoms with Crippen LogP contribution in [-0.4, -0.2) is 22.4 Å². The summed E-state index contributed by atoms with van der Waals surface area (Å²) < 4.78 is 6.30. The Kier molecular flexibility index (Phi) is 3.94. The molecule has 0 aliphatic heterocycles. The summed E-state index contributed by atoms with van der Waals surface area (Å²) in [7, 11) is 0. The van der Waals surface area contributed by atoms with Crippen LogP contribution in [-0.2, 0) is 11.2 Å². The molecule has 1 aromatic carbocycles. The second kappa shape index (κ2) is 5.87. The number of carbonyl (C=O) groups excluding carboxylic acids is 1. The number of nitrogens with zero attached hydrogens (tertiary/aromatic N) is 2. The SMILES string of the molecule is CSc1nnc(NC(=O)Cc2coc3ccc(C)cc23)s1. The molecule has 21 heavy (non-hydrogen) atoms. The average Bonchev–Trinajstić information content (AvgIpc) is 3.06. The molecule has 0 saturated heterocycles. The van der Waals surface area contributed by atoms with Gasteiger partial charge in [-0.1, -0.05) is 34.7 Å². The first kappa shape index (κ1) is 14.1. The fraction of sp³-hybridized carbons (Fsp3) is 0.214. The minimum Gasteiger partial charge on any atom is -0.464 e. The molecule has 0 atom stereocenters. The zero-order valence-electron chi connectivity index (χ0n) is 11.5. The first-order valence-corrected chi connectivity index (χ1v) is 8.34. The molecule has 2 aromatic heterocycles. The van der Waals surface area contributed by atoms with Crippen molar-refractivity contribution in [2.45, 2.75) is 17.7 Å². The third kappa shape index (κ3) is 3.08. The topological polar surface area (TPSA) is 68.0 Å². The van der Waals surface area contributed by atoms with Gasteiger partial charge in [-0.15, -0.1) is 10.2 Å². The molecule has 108 valence electrons. The monoisotopic (exact) mass is 319 g/mol. The van der Waals surface area contributed by atoms with Gasteiger partial charge in [-0.25, -0.2) is 0 Å². The van der Waals surface area contributed by atoms with Crippen LogP contribution in [0, 0.1) is 6.92 Å². The summed E-state index contributed by atoms with van der Waals surface area (Å²) in [4.78, 5) is 12.1. The van der Waals surface area contributed by atoms with Crippen molar-refractivity contribution in [3.05, 3.63) is 35.6 Å². The standard InChI is InChI=1S/C14H13N3O2S2/c1-8-3-4-11-10(5-8)9(7-19-11)6-12(18)15-13-16-17-14(20-2)21-13/h3-5,7H,6H2,1-2H3,(H,15,16,18). The number of benzene rings is 1. The molecular formula is C14H13N3O2S2. The molecule has 2 heterocycles. The van der Waals surface area contributed by atoms with Gasteiger partial charge < -0.3 is 9.73 Å². The molecular weight excluding hydrogens is 306 g/mol. The van der Waals surface area contributed by atoms with Gasteiger partial charge in [0.25, 0.3) is 0 Å². The van der Waals surface area contributed by atoms with Crippen LogP contribution >= 0.6 is 23.1 Å². The zero-order valence-corrected chi connectivity index (χ0v) is 13.2. The van der Waals surface area contributed by atoms with Crippen molar-refractivity contribution in [3.8, 4) is 0 Å². The van der Waals surface area contributed by atoms with Crippen molar-refractivity contribution < 1.29 is 9.21 Å². The van der Waals surface area contributed by atoms with Crippen LogP contribution in [0.3, 0.4) is 0 Å². The lowest BCUT2D eigenvalue weighted by atomic mass is 10.1. The smallest absolute Gasteiger partial charge is 0.230 e. The fourth-order valence-electron chi connectivity index (χ4n) is 2.01. The van der Waals surface area contributed by atoms with Crippen LogP contribution < -0.4 is 5.32 Å². The van der Waals surface area contributed by atoms with E-state index in [1.54, 1.807) is 6.26 Å². The summed E-state index contributed by atoms with van der Waals surface area (Å²) in [5, 5.41) is 12.1. The predicted octanol–water partition coefficient (Wildman–Crippen LogP) is 3.50. The van der Waals surface area contributed by atoms with Crippen LogP contribution in [0.1, 0.15) is 11.1 Å². The van der Waals surface area contributed by atoms with Crippen LogP contribution in [0.5, 0.6) is 0 Å². The highest BCUT2D eigenvalue weighted by atomic mass is 32.2. The van der Waals surface area contributed by atoms with E-state index in [4.69, 9.17) is 4.42 Å². The molecule has 5 nitrogen and oxygen atoms in total. The molecule has 0 saturated carbocycles. The van der Waals surface area contributed by atoms with Crippen molar-refractivity contribution in [1.29, 1.82) is 0 Å². The highest BCUT2D eigenvalue weighted by Gasteiger charge is 2.12. The lowest BCUT2D eigenvalue weighted by Gasteiger charge is -2.00. The molecule has 0 aliphatic carbocycles. The Morgan fingerprint density at radius 3 is 3.05 bits per heavy atom. The number of nitrogens with one attached hydrogen (secondary N) is 1. The lowest BCUT2D eigenvalue weighted by molar-refractivity contribution is -0.115. The predicted molar refractivity (Wildman–Crippen MR) is 85.0 cm³/mol. The number of aromatic nitrogens is 2. The molecule has 1 N–H and O–H groups in total. The Hall–Kier alpha value is -1.86. The van der Waals surface area contributed by atoms with E-state index in [2.05, 4.69) is 15.5 Å². The van der Waals surface area contributed by atoms with Gasteiger partial charge in [-0.2, -0.15) is 0 Å². The first-order valence-electron chi connectivity index (χ1n) is 6.30. The molecule has 3 aromatic rings. The number of carbonyl (C=O) groups is 1. The minimum absolute atomic E-state index is 0.122. The third-order valence-electron chi connectivity index (χ3n) is 2.99. The summed E-state index contributed by atoms with van der Waals surface area (Å²) >= 11 is 2.87. The molecule has 1 amide bonds.